The minimum atomic E-state index is -0.0470. The van der Waals surface area contributed by atoms with Gasteiger partial charge in [0.05, 0.1) is 5.39 Å². The highest BCUT2D eigenvalue weighted by Gasteiger charge is 2.18. The topological polar surface area (TPSA) is 52.0 Å². The molecule has 0 bridgehead atoms. The molecule has 0 atom stereocenters. The van der Waals surface area contributed by atoms with Gasteiger partial charge < -0.3 is 0 Å². The van der Waals surface area contributed by atoms with E-state index in [1.165, 1.54) is 16.9 Å². The second-order valence-corrected chi connectivity index (χ2v) is 8.81. The first-order valence-corrected chi connectivity index (χ1v) is 10.2. The van der Waals surface area contributed by atoms with Crippen LogP contribution >= 0.6 is 11.3 Å². The Labute approximate surface area is 163 Å². The maximum atomic E-state index is 13.2. The summed E-state index contributed by atoms with van der Waals surface area (Å²) in [6.45, 7) is 10.5. The summed E-state index contributed by atoms with van der Waals surface area (Å²) in [5, 5.41) is 2.67. The largest absolute Gasteiger partial charge is 0.300 e. The van der Waals surface area contributed by atoms with Crippen molar-refractivity contribution >= 4 is 27.3 Å². The molecule has 0 unspecified atom stereocenters. The summed E-state index contributed by atoms with van der Waals surface area (Å²) in [7, 11) is 0. The number of Topliss-reactive ketones (excluding diaryl/α,β-unsaturated/α-hetero) is 1. The lowest BCUT2D eigenvalue weighted by Gasteiger charge is -2.19. The van der Waals surface area contributed by atoms with Gasteiger partial charge in [0.25, 0.3) is 5.56 Å². The van der Waals surface area contributed by atoms with Crippen LogP contribution in [0.3, 0.4) is 0 Å². The van der Waals surface area contributed by atoms with Crippen LogP contribution in [0.2, 0.25) is 0 Å². The zero-order valence-corrected chi connectivity index (χ0v) is 17.4. The molecule has 0 spiro atoms. The third-order valence-electron chi connectivity index (χ3n) is 4.84. The van der Waals surface area contributed by atoms with Crippen molar-refractivity contribution in [1.82, 2.24) is 9.55 Å². The van der Waals surface area contributed by atoms with E-state index in [1.807, 2.05) is 12.3 Å². The van der Waals surface area contributed by atoms with Crippen LogP contribution in [0.4, 0.5) is 0 Å². The van der Waals surface area contributed by atoms with Crippen molar-refractivity contribution in [2.75, 3.05) is 0 Å². The molecule has 142 valence electrons. The van der Waals surface area contributed by atoms with E-state index in [0.717, 1.165) is 21.8 Å². The minimum Gasteiger partial charge on any atom is -0.300 e. The van der Waals surface area contributed by atoms with Gasteiger partial charge in [0, 0.05) is 30.3 Å². The van der Waals surface area contributed by atoms with Crippen LogP contribution in [0.1, 0.15) is 52.4 Å². The first kappa shape index (κ1) is 19.5. The number of aryl methyl sites for hydroxylation is 1. The predicted octanol–water partition coefficient (Wildman–Crippen LogP) is 4.96. The molecule has 0 radical (unpaired) electrons. The number of aromatic nitrogens is 2. The van der Waals surface area contributed by atoms with Crippen LogP contribution < -0.4 is 5.56 Å². The predicted molar refractivity (Wildman–Crippen MR) is 113 cm³/mol. The summed E-state index contributed by atoms with van der Waals surface area (Å²) in [5.74, 6) is 0.817. The maximum absolute atomic E-state index is 13.2. The van der Waals surface area contributed by atoms with E-state index >= 15 is 0 Å². The lowest BCUT2D eigenvalue weighted by Crippen LogP contribution is -2.25. The van der Waals surface area contributed by atoms with Crippen molar-refractivity contribution < 1.29 is 4.79 Å². The monoisotopic (exact) mass is 382 g/mol. The van der Waals surface area contributed by atoms with Crippen LogP contribution in [0.25, 0.3) is 21.3 Å². The first-order chi connectivity index (χ1) is 12.7. The molecule has 3 aromatic rings. The number of hydrogen-bond acceptors (Lipinski definition) is 4. The summed E-state index contributed by atoms with van der Waals surface area (Å²) < 4.78 is 1.67. The van der Waals surface area contributed by atoms with Gasteiger partial charge in [-0.15, -0.1) is 11.3 Å². The van der Waals surface area contributed by atoms with Crippen LogP contribution in [-0.4, -0.2) is 15.3 Å². The van der Waals surface area contributed by atoms with Gasteiger partial charge in [-0.25, -0.2) is 4.98 Å². The smallest absolute Gasteiger partial charge is 0.262 e. The van der Waals surface area contributed by atoms with Gasteiger partial charge in [-0.3, -0.25) is 14.2 Å². The average molecular weight is 383 g/mol. The molecule has 2 heterocycles. The Morgan fingerprint density at radius 2 is 1.85 bits per heavy atom. The van der Waals surface area contributed by atoms with E-state index in [-0.39, 0.29) is 16.8 Å². The molecule has 0 aliphatic rings. The Morgan fingerprint density at radius 1 is 1.19 bits per heavy atom. The number of benzene rings is 1. The number of carbonyl (C=O) groups excluding carboxylic acids is 1. The average Bonchev–Trinajstić information content (AvgIpc) is 3.04. The van der Waals surface area contributed by atoms with Crippen LogP contribution in [0.15, 0.2) is 34.4 Å². The highest BCUT2D eigenvalue weighted by Crippen LogP contribution is 2.32. The van der Waals surface area contributed by atoms with Crippen LogP contribution in [0, 0.1) is 0 Å². The fraction of sp³-hybridized carbons (Fsp3) is 0.409. The highest BCUT2D eigenvalue weighted by molar-refractivity contribution is 7.17. The summed E-state index contributed by atoms with van der Waals surface area (Å²) in [6, 6.07) is 8.41. The number of rotatable bonds is 5. The maximum Gasteiger partial charge on any atom is 0.262 e. The van der Waals surface area contributed by atoms with Crippen molar-refractivity contribution in [2.45, 2.75) is 59.4 Å². The molecular formula is C22H26N2O2S. The van der Waals surface area contributed by atoms with Crippen molar-refractivity contribution in [2.24, 2.45) is 0 Å². The van der Waals surface area contributed by atoms with Gasteiger partial charge in [-0.05, 0) is 23.5 Å². The van der Waals surface area contributed by atoms with Crippen molar-refractivity contribution in [3.63, 3.8) is 0 Å². The van der Waals surface area contributed by atoms with Crippen LogP contribution in [0.5, 0.6) is 0 Å². The molecular weight excluding hydrogens is 356 g/mol. The Bertz CT molecular complexity index is 1040. The Morgan fingerprint density at radius 3 is 2.41 bits per heavy atom. The Balaban J connectivity index is 2.14. The lowest BCUT2D eigenvalue weighted by atomic mass is 9.86. The first-order valence-electron chi connectivity index (χ1n) is 9.33. The van der Waals surface area contributed by atoms with Gasteiger partial charge in [0.15, 0.2) is 0 Å². The molecule has 0 aliphatic heterocycles. The van der Waals surface area contributed by atoms with E-state index < -0.39 is 0 Å². The summed E-state index contributed by atoms with van der Waals surface area (Å²) in [5.41, 5.74) is 3.25. The molecule has 0 saturated carbocycles. The van der Waals surface area contributed by atoms with Crippen molar-refractivity contribution in [3.8, 4) is 11.1 Å². The third kappa shape index (κ3) is 3.88. The van der Waals surface area contributed by atoms with E-state index in [2.05, 4.69) is 45.0 Å². The van der Waals surface area contributed by atoms with Gasteiger partial charge in [0.1, 0.15) is 16.4 Å². The van der Waals surface area contributed by atoms with Gasteiger partial charge >= 0.3 is 0 Å². The zero-order chi connectivity index (χ0) is 19.8. The van der Waals surface area contributed by atoms with Crippen molar-refractivity contribution in [1.29, 1.82) is 0 Å². The second kappa shape index (κ2) is 7.39. The lowest BCUT2D eigenvalue weighted by molar-refractivity contribution is -0.117. The molecule has 4 nitrogen and oxygen atoms in total. The van der Waals surface area contributed by atoms with E-state index in [0.29, 0.717) is 24.8 Å². The molecule has 0 saturated heterocycles. The van der Waals surface area contributed by atoms with Crippen molar-refractivity contribution in [3.05, 3.63) is 51.4 Å². The van der Waals surface area contributed by atoms with E-state index in [9.17, 15) is 9.59 Å². The van der Waals surface area contributed by atoms with Gasteiger partial charge in [0.2, 0.25) is 0 Å². The highest BCUT2D eigenvalue weighted by atomic mass is 32.1. The molecule has 27 heavy (non-hydrogen) atoms. The molecule has 0 N–H and O–H groups in total. The molecule has 0 aliphatic carbocycles. The van der Waals surface area contributed by atoms with Gasteiger partial charge in [-0.2, -0.15) is 0 Å². The van der Waals surface area contributed by atoms with E-state index in [4.69, 9.17) is 4.98 Å². The number of hydrogen-bond donors (Lipinski definition) is 0. The Kier molecular flexibility index (Phi) is 5.33. The standard InChI is InChI=1S/C22H26N2O2S/c1-6-18-23-20-19(21(26)24(18)12-11-14(2)25)17(13-27-20)15-7-9-16(10-8-15)22(3,4)5/h7-10,13H,6,11-12H2,1-5H3. The SMILES string of the molecule is CCc1nc2scc(-c3ccc(C(C)(C)C)cc3)c2c(=O)n1CCC(C)=O. The molecule has 2 aromatic heterocycles. The normalized spacial score (nSPS) is 11.9. The second-order valence-electron chi connectivity index (χ2n) is 7.95. The summed E-state index contributed by atoms with van der Waals surface area (Å²) >= 11 is 1.50. The van der Waals surface area contributed by atoms with Crippen LogP contribution in [-0.2, 0) is 23.2 Å². The number of fused-ring (bicyclic) bond motifs is 1. The zero-order valence-electron chi connectivity index (χ0n) is 16.6. The molecule has 1 aromatic carbocycles. The number of nitrogens with zero attached hydrogens (tertiary/aromatic N) is 2. The number of ketones is 1. The summed E-state index contributed by atoms with van der Waals surface area (Å²) in [4.78, 5) is 30.1. The Hall–Kier alpha value is -2.27. The fourth-order valence-electron chi connectivity index (χ4n) is 3.20. The molecule has 5 heteroatoms. The molecule has 3 rings (SSSR count). The molecule has 0 amide bonds. The number of thiophene rings is 1. The minimum absolute atomic E-state index is 0.0470. The molecule has 0 fully saturated rings. The number of carbonyl (C=O) groups is 1. The summed E-state index contributed by atoms with van der Waals surface area (Å²) in [6.07, 6.45) is 1.01. The fourth-order valence-corrected chi connectivity index (χ4v) is 4.16. The van der Waals surface area contributed by atoms with Gasteiger partial charge in [-0.1, -0.05) is 52.0 Å². The van der Waals surface area contributed by atoms with E-state index in [1.54, 1.807) is 11.5 Å². The third-order valence-corrected chi connectivity index (χ3v) is 5.71. The quantitative estimate of drug-likeness (QED) is 0.626.